The highest BCUT2D eigenvalue weighted by atomic mass is 32.2. The van der Waals surface area contributed by atoms with E-state index in [0.29, 0.717) is 52.1 Å². The van der Waals surface area contributed by atoms with Crippen LogP contribution < -0.4 is 4.90 Å². The van der Waals surface area contributed by atoms with Crippen LogP contribution in [0.4, 0.5) is 5.82 Å². The molecular formula is C20H31N7O4S2. The van der Waals surface area contributed by atoms with Crippen molar-refractivity contribution in [1.29, 1.82) is 0 Å². The second-order valence-electron chi connectivity index (χ2n) is 9.55. The molecule has 4 heterocycles. The van der Waals surface area contributed by atoms with Crippen LogP contribution in [0.5, 0.6) is 0 Å². The predicted octanol–water partition coefficient (Wildman–Crippen LogP) is 0.461. The Hall–Kier alpha value is -1.80. The van der Waals surface area contributed by atoms with E-state index in [0.717, 1.165) is 29.7 Å². The molecule has 2 aromatic rings. The lowest BCUT2D eigenvalue weighted by Crippen LogP contribution is -2.60. The zero-order valence-corrected chi connectivity index (χ0v) is 20.6. The first kappa shape index (κ1) is 23.0. The van der Waals surface area contributed by atoms with Gasteiger partial charge in [0.05, 0.1) is 17.2 Å². The van der Waals surface area contributed by atoms with Gasteiger partial charge in [-0.1, -0.05) is 0 Å². The SMILES string of the molecule is CN(CC1CCN(S(C)(=O)=O)CC1)S(=O)(=O)N1CCN(c2ncnc3[nH]ccc23)CC12CC2. The molecule has 2 aliphatic heterocycles. The minimum absolute atomic E-state index is 0.155. The fourth-order valence-corrected chi connectivity index (χ4v) is 7.87. The molecule has 2 saturated heterocycles. The van der Waals surface area contributed by atoms with Crippen molar-refractivity contribution >= 4 is 37.1 Å². The third kappa shape index (κ3) is 4.25. The first-order valence-electron chi connectivity index (χ1n) is 11.3. The number of aromatic nitrogens is 3. The summed E-state index contributed by atoms with van der Waals surface area (Å²) in [5.41, 5.74) is 0.389. The van der Waals surface area contributed by atoms with Crippen LogP contribution in [-0.2, 0) is 20.2 Å². The van der Waals surface area contributed by atoms with Crippen molar-refractivity contribution in [2.45, 2.75) is 31.2 Å². The largest absolute Gasteiger partial charge is 0.353 e. The van der Waals surface area contributed by atoms with E-state index in [1.54, 1.807) is 17.7 Å². The van der Waals surface area contributed by atoms with Gasteiger partial charge in [0, 0.05) is 52.5 Å². The zero-order chi connectivity index (χ0) is 23.4. The predicted molar refractivity (Wildman–Crippen MR) is 125 cm³/mol. The lowest BCUT2D eigenvalue weighted by atomic mass is 9.98. The lowest BCUT2D eigenvalue weighted by Gasteiger charge is -2.43. The Morgan fingerprint density at radius 1 is 1.12 bits per heavy atom. The van der Waals surface area contributed by atoms with Crippen LogP contribution in [0.15, 0.2) is 18.6 Å². The normalized spacial score (nSPS) is 23.1. The summed E-state index contributed by atoms with van der Waals surface area (Å²) in [6, 6.07) is 1.95. The number of fused-ring (bicyclic) bond motifs is 1. The number of aromatic amines is 1. The van der Waals surface area contributed by atoms with E-state index in [4.69, 9.17) is 0 Å². The van der Waals surface area contributed by atoms with E-state index in [-0.39, 0.29) is 5.92 Å². The number of sulfonamides is 1. The van der Waals surface area contributed by atoms with Crippen molar-refractivity contribution in [3.05, 3.63) is 18.6 Å². The Balaban J connectivity index is 1.26. The van der Waals surface area contributed by atoms with Crippen LogP contribution in [0.2, 0.25) is 0 Å². The van der Waals surface area contributed by atoms with Gasteiger partial charge in [0.1, 0.15) is 17.8 Å². The number of anilines is 1. The Morgan fingerprint density at radius 3 is 2.52 bits per heavy atom. The first-order valence-corrected chi connectivity index (χ1v) is 14.6. The van der Waals surface area contributed by atoms with Gasteiger partial charge in [0.25, 0.3) is 10.2 Å². The van der Waals surface area contributed by atoms with Gasteiger partial charge in [0.15, 0.2) is 0 Å². The maximum atomic E-state index is 13.5. The van der Waals surface area contributed by atoms with E-state index in [9.17, 15) is 16.8 Å². The summed E-state index contributed by atoms with van der Waals surface area (Å²) in [5, 5.41) is 0.946. The zero-order valence-electron chi connectivity index (χ0n) is 19.0. The topological polar surface area (TPSA) is 123 Å². The summed E-state index contributed by atoms with van der Waals surface area (Å²) in [7, 11) is -5.16. The van der Waals surface area contributed by atoms with Crippen LogP contribution in [0.3, 0.4) is 0 Å². The Morgan fingerprint density at radius 2 is 1.85 bits per heavy atom. The van der Waals surface area contributed by atoms with E-state index < -0.39 is 25.8 Å². The molecule has 0 amide bonds. The van der Waals surface area contributed by atoms with Gasteiger partial charge in [-0.2, -0.15) is 17.0 Å². The molecule has 1 aliphatic carbocycles. The Labute approximate surface area is 195 Å². The van der Waals surface area contributed by atoms with Gasteiger partial charge < -0.3 is 9.88 Å². The molecule has 0 radical (unpaired) electrons. The smallest absolute Gasteiger partial charge is 0.282 e. The van der Waals surface area contributed by atoms with Gasteiger partial charge in [-0.25, -0.2) is 22.7 Å². The minimum Gasteiger partial charge on any atom is -0.353 e. The molecule has 0 unspecified atom stereocenters. The van der Waals surface area contributed by atoms with Crippen molar-refractivity contribution < 1.29 is 16.8 Å². The number of H-pyrrole nitrogens is 1. The fraction of sp³-hybridized carbons (Fsp3) is 0.700. The molecule has 2 aromatic heterocycles. The summed E-state index contributed by atoms with van der Waals surface area (Å²) in [6.07, 6.45) is 7.63. The molecule has 33 heavy (non-hydrogen) atoms. The van der Waals surface area contributed by atoms with E-state index in [2.05, 4.69) is 19.9 Å². The highest BCUT2D eigenvalue weighted by Gasteiger charge is 2.56. The van der Waals surface area contributed by atoms with Gasteiger partial charge in [-0.15, -0.1) is 0 Å². The Bertz CT molecular complexity index is 1230. The molecule has 0 bridgehead atoms. The van der Waals surface area contributed by atoms with Crippen molar-refractivity contribution in [2.24, 2.45) is 5.92 Å². The second-order valence-corrected chi connectivity index (χ2v) is 13.5. The van der Waals surface area contributed by atoms with Crippen LogP contribution in [0, 0.1) is 5.92 Å². The van der Waals surface area contributed by atoms with Gasteiger partial charge in [-0.3, -0.25) is 0 Å². The number of piperazine rings is 1. The fourth-order valence-electron chi connectivity index (χ4n) is 5.21. The maximum absolute atomic E-state index is 13.5. The molecule has 0 aromatic carbocycles. The second kappa shape index (κ2) is 8.15. The number of nitrogens with one attached hydrogen (secondary N) is 1. The minimum atomic E-state index is -3.62. The monoisotopic (exact) mass is 497 g/mol. The van der Waals surface area contributed by atoms with Gasteiger partial charge in [-0.05, 0) is 37.7 Å². The average molecular weight is 498 g/mol. The Kier molecular flexibility index (Phi) is 5.67. The summed E-state index contributed by atoms with van der Waals surface area (Å²) in [4.78, 5) is 14.0. The summed E-state index contributed by atoms with van der Waals surface area (Å²) < 4.78 is 55.2. The maximum Gasteiger partial charge on any atom is 0.282 e. The molecule has 11 nitrogen and oxygen atoms in total. The molecule has 5 rings (SSSR count). The highest BCUT2D eigenvalue weighted by Crippen LogP contribution is 2.47. The van der Waals surface area contributed by atoms with Crippen molar-refractivity contribution in [3.63, 3.8) is 0 Å². The highest BCUT2D eigenvalue weighted by molar-refractivity contribution is 7.88. The molecule has 182 valence electrons. The summed E-state index contributed by atoms with van der Waals surface area (Å²) in [5.74, 6) is 0.998. The molecule has 3 aliphatic rings. The quantitative estimate of drug-likeness (QED) is 0.615. The molecule has 0 atom stereocenters. The number of nitrogens with zero attached hydrogens (tertiary/aromatic N) is 6. The molecule has 13 heteroatoms. The van der Waals surface area contributed by atoms with Crippen molar-refractivity contribution in [2.75, 3.05) is 57.5 Å². The van der Waals surface area contributed by atoms with Crippen molar-refractivity contribution in [3.8, 4) is 0 Å². The van der Waals surface area contributed by atoms with Crippen LogP contribution in [-0.4, -0.2) is 103 Å². The van der Waals surface area contributed by atoms with Gasteiger partial charge >= 0.3 is 0 Å². The number of piperidine rings is 1. The van der Waals surface area contributed by atoms with Crippen LogP contribution in [0.1, 0.15) is 25.7 Å². The van der Waals surface area contributed by atoms with Crippen LogP contribution >= 0.6 is 0 Å². The standard InChI is InChI=1S/C20H31N7O4S2/c1-24(13-16-4-9-26(10-5-16)32(2,28)29)33(30,31)27-12-11-25(14-20(27)6-7-20)19-17-3-8-21-18(17)22-15-23-19/h3,8,15-16H,4-7,9-14H2,1-2H3,(H,21,22,23). The number of hydrogen-bond acceptors (Lipinski definition) is 7. The average Bonchev–Trinajstić information content (AvgIpc) is 3.34. The first-order chi connectivity index (χ1) is 15.6. The third-order valence-corrected chi connectivity index (χ3v) is 10.6. The van der Waals surface area contributed by atoms with E-state index >= 15 is 0 Å². The molecule has 1 N–H and O–H groups in total. The molecule has 1 saturated carbocycles. The number of rotatable bonds is 6. The van der Waals surface area contributed by atoms with E-state index in [1.165, 1.54) is 14.9 Å². The van der Waals surface area contributed by atoms with Crippen LogP contribution in [0.25, 0.3) is 11.0 Å². The van der Waals surface area contributed by atoms with E-state index in [1.807, 2.05) is 12.3 Å². The lowest BCUT2D eigenvalue weighted by molar-refractivity contribution is 0.221. The van der Waals surface area contributed by atoms with Gasteiger partial charge in [0.2, 0.25) is 10.0 Å². The molecule has 1 spiro atoms. The summed E-state index contributed by atoms with van der Waals surface area (Å²) >= 11 is 0. The summed E-state index contributed by atoms with van der Waals surface area (Å²) in [6.45, 7) is 2.91. The van der Waals surface area contributed by atoms with Crippen molar-refractivity contribution in [1.82, 2.24) is 27.9 Å². The molecular weight excluding hydrogens is 466 g/mol. The third-order valence-electron chi connectivity index (χ3n) is 7.28. The number of hydrogen-bond donors (Lipinski definition) is 1. The molecule has 3 fully saturated rings.